The molecule has 40 heavy (non-hydrogen) atoms. The standard InChI is InChI=1S/C24H34N8O7S/c1-10(3-12(34)6-30-9-27-28-29-30)17-19-11(2)21(20(24(38)39)32(19)23(17)37)40-13-4-14(26-5-13)22(36)31-7-16(35)18(25)15(31)8-33/h9-11,13-19,26,33,35H,3-8,25H2,1-2H3,(H,38,39)/t10-,11+,13-,14-,15?,16?,17+,18+,19+/m0/s1. The highest BCUT2D eigenvalue weighted by Gasteiger charge is 2.60. The van der Waals surface area contributed by atoms with Crippen LogP contribution in [0.5, 0.6) is 0 Å². The molecule has 0 radical (unpaired) electrons. The maximum atomic E-state index is 13.2. The van der Waals surface area contributed by atoms with Crippen molar-refractivity contribution in [2.75, 3.05) is 19.7 Å². The number of aliphatic hydroxyl groups is 2. The molecule has 3 saturated heterocycles. The number of aliphatic hydroxyl groups excluding tert-OH is 2. The first-order valence-corrected chi connectivity index (χ1v) is 14.2. The number of hydrogen-bond donors (Lipinski definition) is 5. The molecule has 1 aromatic heterocycles. The van der Waals surface area contributed by atoms with Gasteiger partial charge in [0.2, 0.25) is 11.8 Å². The molecule has 16 heteroatoms. The summed E-state index contributed by atoms with van der Waals surface area (Å²) in [6, 6.07) is -2.32. The summed E-state index contributed by atoms with van der Waals surface area (Å²) in [7, 11) is 0. The van der Waals surface area contributed by atoms with Gasteiger partial charge in [0, 0.05) is 35.6 Å². The number of fused-ring (bicyclic) bond motifs is 1. The number of likely N-dealkylation sites (tertiary alicyclic amines) is 1. The first-order chi connectivity index (χ1) is 19.0. The number of carbonyl (C=O) groups is 4. The van der Waals surface area contributed by atoms with Gasteiger partial charge in [0.15, 0.2) is 5.78 Å². The number of β-lactam (4-membered cyclic amide) rings is 1. The zero-order valence-corrected chi connectivity index (χ0v) is 23.0. The fourth-order valence-corrected chi connectivity index (χ4v) is 7.99. The third-order valence-electron chi connectivity index (χ3n) is 8.51. The lowest BCUT2D eigenvalue weighted by atomic mass is 9.73. The number of carboxylic acid groups (broad SMARTS) is 1. The van der Waals surface area contributed by atoms with E-state index in [1.54, 1.807) is 0 Å². The Morgan fingerprint density at radius 1 is 1.32 bits per heavy atom. The van der Waals surface area contributed by atoms with Crippen molar-refractivity contribution in [2.24, 2.45) is 23.5 Å². The first kappa shape index (κ1) is 28.6. The number of aliphatic carboxylic acids is 1. The van der Waals surface area contributed by atoms with Crippen LogP contribution in [0.4, 0.5) is 0 Å². The highest BCUT2D eigenvalue weighted by molar-refractivity contribution is 8.03. The second-order valence-electron chi connectivity index (χ2n) is 11.1. The largest absolute Gasteiger partial charge is 0.477 e. The van der Waals surface area contributed by atoms with Gasteiger partial charge in [0.25, 0.3) is 0 Å². The summed E-state index contributed by atoms with van der Waals surface area (Å²) in [5.41, 5.74) is 5.91. The van der Waals surface area contributed by atoms with Gasteiger partial charge in [0.05, 0.1) is 42.8 Å². The average molecular weight is 579 g/mol. The fourth-order valence-electron chi connectivity index (χ4n) is 6.51. The van der Waals surface area contributed by atoms with E-state index in [4.69, 9.17) is 5.73 Å². The van der Waals surface area contributed by atoms with Crippen LogP contribution in [-0.4, -0.2) is 124 Å². The molecule has 2 unspecified atom stereocenters. The molecule has 0 spiro atoms. The van der Waals surface area contributed by atoms with E-state index in [1.165, 1.54) is 32.6 Å². The lowest BCUT2D eigenvalue weighted by molar-refractivity contribution is -0.160. The van der Waals surface area contributed by atoms with Crippen LogP contribution in [0.3, 0.4) is 0 Å². The number of aromatic nitrogens is 4. The van der Waals surface area contributed by atoms with E-state index in [2.05, 4.69) is 20.8 Å². The molecule has 1 aromatic rings. The zero-order chi connectivity index (χ0) is 28.9. The van der Waals surface area contributed by atoms with Crippen LogP contribution in [0, 0.1) is 17.8 Å². The summed E-state index contributed by atoms with van der Waals surface area (Å²) in [4.78, 5) is 54.6. The number of nitrogens with two attached hydrogens (primary N) is 1. The van der Waals surface area contributed by atoms with Crippen molar-refractivity contribution < 1.29 is 34.5 Å². The number of ketones is 1. The molecule has 15 nitrogen and oxygen atoms in total. The Bertz CT molecular complexity index is 1210. The molecule has 6 N–H and O–H groups in total. The van der Waals surface area contributed by atoms with E-state index in [0.29, 0.717) is 17.9 Å². The van der Waals surface area contributed by atoms with Gasteiger partial charge in [-0.05, 0) is 22.8 Å². The van der Waals surface area contributed by atoms with Crippen LogP contribution < -0.4 is 11.1 Å². The molecule has 9 atom stereocenters. The minimum absolute atomic E-state index is 0.00213. The predicted molar refractivity (Wildman–Crippen MR) is 139 cm³/mol. The van der Waals surface area contributed by atoms with Crippen LogP contribution in [0.25, 0.3) is 0 Å². The van der Waals surface area contributed by atoms with E-state index in [1.807, 2.05) is 13.8 Å². The molecular formula is C24H34N8O7S. The Morgan fingerprint density at radius 2 is 2.08 bits per heavy atom. The number of nitrogens with zero attached hydrogens (tertiary/aromatic N) is 6. The number of carbonyl (C=O) groups excluding carboxylic acids is 3. The van der Waals surface area contributed by atoms with E-state index in [-0.39, 0.29) is 72.5 Å². The van der Waals surface area contributed by atoms with Crippen molar-refractivity contribution in [2.45, 2.75) is 68.8 Å². The number of tetrazole rings is 1. The van der Waals surface area contributed by atoms with Crippen molar-refractivity contribution in [3.63, 3.8) is 0 Å². The van der Waals surface area contributed by atoms with Crippen molar-refractivity contribution in [3.05, 3.63) is 16.9 Å². The molecule has 0 saturated carbocycles. The number of β-amino-alcohol motifs (C(OH)–C–C–N with tert-alkyl or cyclic N) is 1. The van der Waals surface area contributed by atoms with Gasteiger partial charge >= 0.3 is 5.97 Å². The third-order valence-corrected chi connectivity index (χ3v) is 10.0. The number of hydrogen-bond acceptors (Lipinski definition) is 12. The summed E-state index contributed by atoms with van der Waals surface area (Å²) in [5, 5.41) is 43.6. The fraction of sp³-hybridized carbons (Fsp3) is 0.708. The molecule has 5 heterocycles. The molecule has 218 valence electrons. The van der Waals surface area contributed by atoms with Crippen LogP contribution in [0.2, 0.25) is 0 Å². The normalized spacial score (nSPS) is 34.3. The number of rotatable bonds is 10. The van der Waals surface area contributed by atoms with Crippen molar-refractivity contribution in [3.8, 4) is 0 Å². The quantitative estimate of drug-likeness (QED) is 0.180. The van der Waals surface area contributed by atoms with Crippen molar-refractivity contribution in [1.82, 2.24) is 35.3 Å². The van der Waals surface area contributed by atoms with Gasteiger partial charge in [0.1, 0.15) is 18.6 Å². The van der Waals surface area contributed by atoms with Crippen molar-refractivity contribution >= 4 is 35.3 Å². The average Bonchev–Trinajstić information content (AvgIpc) is 3.67. The number of amides is 2. The Hall–Kier alpha value is -2.92. The Labute approximate surface area is 234 Å². The smallest absolute Gasteiger partial charge is 0.353 e. The lowest BCUT2D eigenvalue weighted by Gasteiger charge is -2.47. The molecule has 0 aromatic carbocycles. The minimum Gasteiger partial charge on any atom is -0.477 e. The Kier molecular flexibility index (Phi) is 7.98. The molecule has 3 fully saturated rings. The van der Waals surface area contributed by atoms with E-state index < -0.39 is 36.1 Å². The van der Waals surface area contributed by atoms with E-state index in [0.717, 1.165) is 0 Å². The summed E-state index contributed by atoms with van der Waals surface area (Å²) in [5.74, 6) is -2.91. The SMILES string of the molecule is C[C@@H](CC(=O)Cn1cnnn1)[C@H]1C(=O)N2C(C(=O)O)=C(S[C@@H]3CN[C@H](C(=O)N4CC(O)[C@H](N)C4CO)C3)[C@H](C)[C@H]12. The number of thioether (sulfide) groups is 1. The van der Waals surface area contributed by atoms with E-state index in [9.17, 15) is 34.5 Å². The monoisotopic (exact) mass is 578 g/mol. The predicted octanol–water partition coefficient (Wildman–Crippen LogP) is -2.60. The minimum atomic E-state index is -1.18. The van der Waals surface area contributed by atoms with Crippen LogP contribution in [0.15, 0.2) is 16.9 Å². The Balaban J connectivity index is 1.24. The summed E-state index contributed by atoms with van der Waals surface area (Å²) in [6.45, 7) is 3.86. The molecule has 5 rings (SSSR count). The maximum absolute atomic E-state index is 13.2. The zero-order valence-electron chi connectivity index (χ0n) is 22.2. The number of nitrogens with one attached hydrogen (secondary N) is 1. The van der Waals surface area contributed by atoms with Crippen LogP contribution in [0.1, 0.15) is 26.7 Å². The van der Waals surface area contributed by atoms with Gasteiger partial charge < -0.3 is 36.2 Å². The summed E-state index contributed by atoms with van der Waals surface area (Å²) < 4.78 is 1.32. The summed E-state index contributed by atoms with van der Waals surface area (Å²) in [6.07, 6.45) is 0.978. The highest BCUT2D eigenvalue weighted by Crippen LogP contribution is 2.53. The molecule has 0 bridgehead atoms. The first-order valence-electron chi connectivity index (χ1n) is 13.3. The van der Waals surface area contributed by atoms with Gasteiger partial charge in [-0.25, -0.2) is 9.48 Å². The van der Waals surface area contributed by atoms with Crippen LogP contribution >= 0.6 is 11.8 Å². The van der Waals surface area contributed by atoms with Gasteiger partial charge in [-0.1, -0.05) is 13.8 Å². The topological polar surface area (TPSA) is 217 Å². The molecule has 0 aliphatic carbocycles. The molecular weight excluding hydrogens is 544 g/mol. The van der Waals surface area contributed by atoms with Crippen molar-refractivity contribution in [1.29, 1.82) is 0 Å². The second-order valence-corrected chi connectivity index (χ2v) is 12.4. The maximum Gasteiger partial charge on any atom is 0.353 e. The van der Waals surface area contributed by atoms with Crippen LogP contribution in [-0.2, 0) is 25.7 Å². The Morgan fingerprint density at radius 3 is 2.73 bits per heavy atom. The van der Waals surface area contributed by atoms with Gasteiger partial charge in [-0.15, -0.1) is 16.9 Å². The lowest BCUT2D eigenvalue weighted by Crippen LogP contribution is -2.62. The van der Waals surface area contributed by atoms with Gasteiger partial charge in [-0.2, -0.15) is 0 Å². The van der Waals surface area contributed by atoms with Gasteiger partial charge in [-0.3, -0.25) is 14.4 Å². The third kappa shape index (κ3) is 4.91. The molecule has 2 amide bonds. The molecule has 4 aliphatic rings. The summed E-state index contributed by atoms with van der Waals surface area (Å²) >= 11 is 1.37. The van der Waals surface area contributed by atoms with E-state index >= 15 is 0 Å². The highest BCUT2D eigenvalue weighted by atomic mass is 32.2. The molecule has 4 aliphatic heterocycles. The number of carboxylic acids is 1. The number of Topliss-reactive ketones (excluding diaryl/α,β-unsaturated/α-hetero) is 1. The second kappa shape index (κ2) is 11.2.